The Morgan fingerprint density at radius 1 is 1.00 bits per heavy atom. The van der Waals surface area contributed by atoms with Gasteiger partial charge in [0.1, 0.15) is 5.75 Å². The predicted octanol–water partition coefficient (Wildman–Crippen LogP) is 5.08. The fourth-order valence-corrected chi connectivity index (χ4v) is 3.89. The van der Waals surface area contributed by atoms with Crippen molar-refractivity contribution in [3.63, 3.8) is 0 Å². The summed E-state index contributed by atoms with van der Waals surface area (Å²) in [7, 11) is -2.05. The van der Waals surface area contributed by atoms with Crippen LogP contribution >= 0.6 is 0 Å². The van der Waals surface area contributed by atoms with E-state index in [1.165, 1.54) is 0 Å². The normalized spacial score (nSPS) is 19.1. The molecule has 2 rings (SSSR count). The van der Waals surface area contributed by atoms with Crippen LogP contribution in [0.1, 0.15) is 60.5 Å². The van der Waals surface area contributed by atoms with Gasteiger partial charge in [-0.2, -0.15) is 0 Å². The molecule has 0 bridgehead atoms. The van der Waals surface area contributed by atoms with Crippen LogP contribution in [0.4, 0.5) is 0 Å². The number of ether oxygens (including phenoxy) is 1. The van der Waals surface area contributed by atoms with E-state index in [-0.39, 0.29) is 23.4 Å². The van der Waals surface area contributed by atoms with E-state index in [0.29, 0.717) is 6.61 Å². The van der Waals surface area contributed by atoms with Crippen LogP contribution in [0.25, 0.3) is 0 Å². The van der Waals surface area contributed by atoms with Crippen molar-refractivity contribution in [2.24, 2.45) is 0 Å². The molecular weight excluding hydrogens is 367 g/mol. The largest absolute Gasteiger partial charge is 0.495 e. The lowest BCUT2D eigenvalue weighted by Gasteiger charge is -2.36. The van der Waals surface area contributed by atoms with Gasteiger partial charge in [0.15, 0.2) is 8.32 Å². The molecule has 1 aromatic rings. The molecule has 6 heteroatoms. The van der Waals surface area contributed by atoms with Gasteiger partial charge in [-0.25, -0.2) is 0 Å². The molecule has 0 atom stereocenters. The van der Waals surface area contributed by atoms with Crippen molar-refractivity contribution >= 4 is 20.9 Å². The molecule has 158 valence electrons. The van der Waals surface area contributed by atoms with Crippen LogP contribution in [0.5, 0.6) is 5.75 Å². The molecule has 1 fully saturated rings. The van der Waals surface area contributed by atoms with E-state index in [0.717, 1.165) is 29.8 Å². The van der Waals surface area contributed by atoms with Crippen LogP contribution in [0.3, 0.4) is 0 Å². The molecule has 0 unspecified atom stereocenters. The Hall–Kier alpha value is -0.818. The van der Waals surface area contributed by atoms with Gasteiger partial charge in [-0.05, 0) is 69.8 Å². The first kappa shape index (κ1) is 23.5. The zero-order chi connectivity index (χ0) is 21.4. The average Bonchev–Trinajstić information content (AvgIpc) is 2.75. The zero-order valence-corrected chi connectivity index (χ0v) is 20.6. The highest BCUT2D eigenvalue weighted by molar-refractivity contribution is 6.74. The number of hydrogen-bond donors (Lipinski definition) is 0. The van der Waals surface area contributed by atoms with Crippen molar-refractivity contribution in [1.82, 2.24) is 0 Å². The van der Waals surface area contributed by atoms with Gasteiger partial charge in [0.25, 0.3) is 0 Å². The van der Waals surface area contributed by atoms with Crippen molar-refractivity contribution in [2.45, 2.75) is 91.1 Å². The lowest BCUT2D eigenvalue weighted by Crippen LogP contribution is -2.41. The van der Waals surface area contributed by atoms with Gasteiger partial charge in [0.2, 0.25) is 0 Å². The molecule has 28 heavy (non-hydrogen) atoms. The van der Waals surface area contributed by atoms with Crippen molar-refractivity contribution in [1.29, 1.82) is 0 Å². The fourth-order valence-electron chi connectivity index (χ4n) is 2.80. The molecule has 0 aliphatic carbocycles. The van der Waals surface area contributed by atoms with Gasteiger partial charge in [-0.1, -0.05) is 32.9 Å². The first-order valence-corrected chi connectivity index (χ1v) is 13.3. The molecule has 1 aliphatic heterocycles. The highest BCUT2D eigenvalue weighted by Crippen LogP contribution is 2.37. The Morgan fingerprint density at radius 2 is 1.57 bits per heavy atom. The second kappa shape index (κ2) is 8.13. The lowest BCUT2D eigenvalue weighted by atomic mass is 9.76. The van der Waals surface area contributed by atoms with Crippen molar-refractivity contribution in [3.8, 4) is 5.75 Å². The molecule has 0 spiro atoms. The van der Waals surface area contributed by atoms with Crippen molar-refractivity contribution in [2.75, 3.05) is 13.2 Å². The predicted molar refractivity (Wildman–Crippen MR) is 120 cm³/mol. The van der Waals surface area contributed by atoms with Gasteiger partial charge < -0.3 is 18.5 Å². The molecule has 0 radical (unpaired) electrons. The monoisotopic (exact) mass is 406 g/mol. The Labute approximate surface area is 173 Å². The summed E-state index contributed by atoms with van der Waals surface area (Å²) >= 11 is 0. The molecule has 1 heterocycles. The summed E-state index contributed by atoms with van der Waals surface area (Å²) in [6.45, 7) is 23.1. The first-order valence-electron chi connectivity index (χ1n) is 10.4. The standard InChI is InChI=1S/C22H39BO4Si/c1-17-18(23-26-21(5,6)22(7,8)27-23)13-11-14-19(17)24-15-12-16-25-28(9,10)20(2,3)4/h11,13-14H,12,15-16H2,1-10H3. The summed E-state index contributed by atoms with van der Waals surface area (Å²) in [4.78, 5) is 0. The quantitative estimate of drug-likeness (QED) is 0.467. The summed E-state index contributed by atoms with van der Waals surface area (Å²) in [5.41, 5.74) is 1.42. The van der Waals surface area contributed by atoms with Gasteiger partial charge in [0, 0.05) is 13.0 Å². The van der Waals surface area contributed by atoms with Crippen molar-refractivity contribution in [3.05, 3.63) is 23.8 Å². The maximum absolute atomic E-state index is 6.23. The molecule has 0 saturated carbocycles. The van der Waals surface area contributed by atoms with Gasteiger partial charge in [0.05, 0.1) is 17.8 Å². The molecule has 0 aromatic heterocycles. The number of rotatable bonds is 7. The van der Waals surface area contributed by atoms with E-state index in [1.54, 1.807) is 0 Å². The van der Waals surface area contributed by atoms with Crippen LogP contribution in [-0.4, -0.2) is 39.9 Å². The number of hydrogen-bond acceptors (Lipinski definition) is 4. The number of benzene rings is 1. The van der Waals surface area contributed by atoms with E-state index >= 15 is 0 Å². The summed E-state index contributed by atoms with van der Waals surface area (Å²) < 4.78 is 24.7. The van der Waals surface area contributed by atoms with E-state index in [9.17, 15) is 0 Å². The minimum absolute atomic E-state index is 0.238. The fraction of sp³-hybridized carbons (Fsp3) is 0.727. The van der Waals surface area contributed by atoms with Crippen molar-refractivity contribution < 1.29 is 18.5 Å². The minimum atomic E-state index is -1.69. The first-order chi connectivity index (χ1) is 12.7. The maximum atomic E-state index is 6.23. The Morgan fingerprint density at radius 3 is 2.11 bits per heavy atom. The molecular formula is C22H39BO4Si. The second-order valence-corrected chi connectivity index (χ2v) is 15.2. The third kappa shape index (κ3) is 5.02. The van der Waals surface area contributed by atoms with Crippen LogP contribution in [-0.2, 0) is 13.7 Å². The Bertz CT molecular complexity index is 664. The topological polar surface area (TPSA) is 36.9 Å². The third-order valence-corrected chi connectivity index (χ3v) is 11.2. The molecule has 1 aliphatic rings. The Balaban J connectivity index is 1.94. The highest BCUT2D eigenvalue weighted by atomic mass is 28.4. The van der Waals surface area contributed by atoms with Gasteiger partial charge in [-0.3, -0.25) is 0 Å². The van der Waals surface area contributed by atoms with E-state index < -0.39 is 8.32 Å². The SMILES string of the molecule is Cc1c(OCCCO[Si](C)(C)C(C)(C)C)cccc1B1OC(C)(C)C(C)(C)O1. The zero-order valence-electron chi connectivity index (χ0n) is 19.6. The molecule has 1 aromatic carbocycles. The molecule has 4 nitrogen and oxygen atoms in total. The second-order valence-electron chi connectivity index (χ2n) is 10.4. The lowest BCUT2D eigenvalue weighted by molar-refractivity contribution is 0.00578. The molecule has 0 amide bonds. The van der Waals surface area contributed by atoms with Gasteiger partial charge in [-0.15, -0.1) is 0 Å². The van der Waals surface area contributed by atoms with E-state index in [2.05, 4.69) is 74.6 Å². The maximum Gasteiger partial charge on any atom is 0.495 e. The third-order valence-electron chi connectivity index (χ3n) is 6.65. The Kier molecular flexibility index (Phi) is 6.81. The van der Waals surface area contributed by atoms with E-state index in [4.69, 9.17) is 18.5 Å². The summed E-state index contributed by atoms with van der Waals surface area (Å²) in [5, 5.41) is 0.238. The highest BCUT2D eigenvalue weighted by Gasteiger charge is 2.52. The molecule has 0 N–H and O–H groups in total. The van der Waals surface area contributed by atoms with Crippen LogP contribution < -0.4 is 10.2 Å². The van der Waals surface area contributed by atoms with Gasteiger partial charge >= 0.3 is 7.12 Å². The smallest absolute Gasteiger partial charge is 0.493 e. The van der Waals surface area contributed by atoms with E-state index in [1.807, 2.05) is 12.1 Å². The summed E-state index contributed by atoms with van der Waals surface area (Å²) in [6.07, 6.45) is 0.882. The van der Waals surface area contributed by atoms with Crippen LogP contribution in [0.2, 0.25) is 18.1 Å². The summed E-state index contributed by atoms with van der Waals surface area (Å²) in [6, 6.07) is 6.08. The summed E-state index contributed by atoms with van der Waals surface area (Å²) in [5.74, 6) is 0.888. The minimum Gasteiger partial charge on any atom is -0.493 e. The van der Waals surface area contributed by atoms with Crippen LogP contribution in [0.15, 0.2) is 18.2 Å². The van der Waals surface area contributed by atoms with Crippen LogP contribution in [0, 0.1) is 6.92 Å². The molecule has 1 saturated heterocycles. The average molecular weight is 406 g/mol.